The Bertz CT molecular complexity index is 1540. The molecule has 162 valence electrons. The van der Waals surface area contributed by atoms with E-state index >= 15 is 0 Å². The molecule has 0 amide bonds. The maximum atomic E-state index is 13.8. The predicted molar refractivity (Wildman–Crippen MR) is 137 cm³/mol. The van der Waals surface area contributed by atoms with Crippen molar-refractivity contribution in [3.8, 4) is 11.3 Å². The van der Waals surface area contributed by atoms with E-state index in [-0.39, 0.29) is 5.82 Å². The number of hydrogen-bond donors (Lipinski definition) is 0. The number of nitrogens with zero attached hydrogens (tertiary/aromatic N) is 3. The van der Waals surface area contributed by atoms with Gasteiger partial charge in [-0.05, 0) is 47.2 Å². The van der Waals surface area contributed by atoms with Gasteiger partial charge in [0, 0.05) is 28.2 Å². The number of rotatable bonds is 4. The van der Waals surface area contributed by atoms with Crippen LogP contribution in [0.5, 0.6) is 0 Å². The van der Waals surface area contributed by atoms with Crippen molar-refractivity contribution in [3.05, 3.63) is 127 Å². The Balaban J connectivity index is 1.77. The van der Waals surface area contributed by atoms with Gasteiger partial charge in [0.1, 0.15) is 11.6 Å². The predicted octanol–water partition coefficient (Wildman–Crippen LogP) is 8.06. The zero-order valence-corrected chi connectivity index (χ0v) is 18.3. The second kappa shape index (κ2) is 8.41. The molecule has 0 aliphatic rings. The van der Waals surface area contributed by atoms with Gasteiger partial charge in [-0.1, -0.05) is 72.8 Å². The van der Waals surface area contributed by atoms with E-state index in [1.807, 2.05) is 66.9 Å². The third-order valence-corrected chi connectivity index (χ3v) is 6.00. The molecule has 0 radical (unpaired) electrons. The van der Waals surface area contributed by atoms with E-state index < -0.39 is 0 Å². The van der Waals surface area contributed by atoms with Gasteiger partial charge in [-0.3, -0.25) is 9.88 Å². The van der Waals surface area contributed by atoms with E-state index in [0.29, 0.717) is 5.82 Å². The fourth-order valence-electron chi connectivity index (χ4n) is 4.59. The third-order valence-electron chi connectivity index (χ3n) is 6.00. The molecular formula is C30H20FN3. The lowest BCUT2D eigenvalue weighted by molar-refractivity contribution is 0.621. The number of aromatic nitrogens is 2. The molecule has 0 atom stereocenters. The SMILES string of the molecule is Fc1ccc(N(c2ccccc2)c2c3ccccc3c(-c3ccccn3)c3ccccc23)nc1. The van der Waals surface area contributed by atoms with Crippen LogP contribution in [-0.2, 0) is 0 Å². The summed E-state index contributed by atoms with van der Waals surface area (Å²) in [4.78, 5) is 11.2. The summed E-state index contributed by atoms with van der Waals surface area (Å²) in [5.41, 5.74) is 3.96. The molecule has 6 aromatic rings. The van der Waals surface area contributed by atoms with Crippen LogP contribution in [0.15, 0.2) is 122 Å². The summed E-state index contributed by atoms with van der Waals surface area (Å²) in [6.45, 7) is 0. The first-order valence-electron chi connectivity index (χ1n) is 11.1. The molecule has 0 saturated heterocycles. The van der Waals surface area contributed by atoms with Crippen LogP contribution in [0.25, 0.3) is 32.8 Å². The van der Waals surface area contributed by atoms with E-state index in [0.717, 1.165) is 44.2 Å². The first-order valence-corrected chi connectivity index (χ1v) is 11.1. The summed E-state index contributed by atoms with van der Waals surface area (Å²) in [6, 6.07) is 35.9. The Hall–Kier alpha value is -4.57. The summed E-state index contributed by atoms with van der Waals surface area (Å²) in [5.74, 6) is 0.283. The van der Waals surface area contributed by atoms with Gasteiger partial charge in [-0.2, -0.15) is 0 Å². The van der Waals surface area contributed by atoms with E-state index in [1.165, 1.54) is 12.3 Å². The fourth-order valence-corrected chi connectivity index (χ4v) is 4.59. The standard InChI is InChI=1S/C30H20FN3/c31-21-17-18-28(33-20-21)34(22-10-2-1-3-11-22)30-25-14-6-4-12-23(25)29(27-16-8-9-19-32-27)24-13-5-7-15-26(24)30/h1-20H. The summed E-state index contributed by atoms with van der Waals surface area (Å²) in [6.07, 6.45) is 3.09. The Kier molecular flexibility index (Phi) is 4.96. The third kappa shape index (κ3) is 3.37. The van der Waals surface area contributed by atoms with Crippen LogP contribution in [0, 0.1) is 5.82 Å². The molecule has 4 heteroatoms. The van der Waals surface area contributed by atoms with Gasteiger partial charge in [0.2, 0.25) is 0 Å². The first kappa shape index (κ1) is 20.1. The first-order chi connectivity index (χ1) is 16.8. The van der Waals surface area contributed by atoms with Gasteiger partial charge in [0.05, 0.1) is 17.6 Å². The average molecular weight is 442 g/mol. The topological polar surface area (TPSA) is 29.0 Å². The van der Waals surface area contributed by atoms with Gasteiger partial charge < -0.3 is 0 Å². The number of hydrogen-bond acceptors (Lipinski definition) is 3. The monoisotopic (exact) mass is 441 g/mol. The van der Waals surface area contributed by atoms with E-state index in [1.54, 1.807) is 6.07 Å². The van der Waals surface area contributed by atoms with Gasteiger partial charge >= 0.3 is 0 Å². The lowest BCUT2D eigenvalue weighted by Gasteiger charge is -2.28. The van der Waals surface area contributed by atoms with Gasteiger partial charge in [-0.15, -0.1) is 0 Å². The van der Waals surface area contributed by atoms with Gasteiger partial charge in [0.15, 0.2) is 0 Å². The van der Waals surface area contributed by atoms with E-state index in [2.05, 4.69) is 51.3 Å². The van der Waals surface area contributed by atoms with Crippen molar-refractivity contribution in [2.24, 2.45) is 0 Å². The molecule has 3 nitrogen and oxygen atoms in total. The lowest BCUT2D eigenvalue weighted by atomic mass is 9.92. The van der Waals surface area contributed by atoms with Gasteiger partial charge in [0.25, 0.3) is 0 Å². The minimum absolute atomic E-state index is 0.364. The Morgan fingerprint density at radius 2 is 1.18 bits per heavy atom. The fraction of sp³-hybridized carbons (Fsp3) is 0. The highest BCUT2D eigenvalue weighted by Gasteiger charge is 2.22. The normalized spacial score (nSPS) is 11.1. The minimum atomic E-state index is -0.364. The second-order valence-corrected chi connectivity index (χ2v) is 8.04. The van der Waals surface area contributed by atoms with Crippen LogP contribution in [0.3, 0.4) is 0 Å². The zero-order chi connectivity index (χ0) is 22.9. The van der Waals surface area contributed by atoms with Crippen LogP contribution in [0.2, 0.25) is 0 Å². The highest BCUT2D eigenvalue weighted by Crippen LogP contribution is 2.46. The molecule has 34 heavy (non-hydrogen) atoms. The van der Waals surface area contributed by atoms with Crippen molar-refractivity contribution in [1.29, 1.82) is 0 Å². The lowest BCUT2D eigenvalue weighted by Crippen LogP contribution is -2.13. The summed E-state index contributed by atoms with van der Waals surface area (Å²) < 4.78 is 13.8. The van der Waals surface area contributed by atoms with Crippen LogP contribution in [-0.4, -0.2) is 9.97 Å². The molecule has 0 spiro atoms. The molecule has 0 unspecified atom stereocenters. The molecule has 0 bridgehead atoms. The van der Waals surface area contributed by atoms with Crippen LogP contribution in [0.4, 0.5) is 21.6 Å². The van der Waals surface area contributed by atoms with Crippen molar-refractivity contribution < 1.29 is 4.39 Å². The summed E-state index contributed by atoms with van der Waals surface area (Å²) in [5, 5.41) is 4.32. The average Bonchev–Trinajstić information content (AvgIpc) is 2.90. The summed E-state index contributed by atoms with van der Waals surface area (Å²) >= 11 is 0. The van der Waals surface area contributed by atoms with E-state index in [4.69, 9.17) is 0 Å². The second-order valence-electron chi connectivity index (χ2n) is 8.04. The van der Waals surface area contributed by atoms with Crippen LogP contribution < -0.4 is 4.90 Å². The number of benzene rings is 4. The molecule has 0 fully saturated rings. The van der Waals surface area contributed by atoms with Crippen molar-refractivity contribution in [1.82, 2.24) is 9.97 Å². The number of fused-ring (bicyclic) bond motifs is 2. The molecule has 0 saturated carbocycles. The summed E-state index contributed by atoms with van der Waals surface area (Å²) in [7, 11) is 0. The molecule has 2 aromatic heterocycles. The van der Waals surface area contributed by atoms with Crippen LogP contribution in [0.1, 0.15) is 0 Å². The minimum Gasteiger partial charge on any atom is -0.294 e. The molecule has 4 aromatic carbocycles. The number of para-hydroxylation sites is 1. The highest BCUT2D eigenvalue weighted by atomic mass is 19.1. The van der Waals surface area contributed by atoms with Crippen molar-refractivity contribution in [2.75, 3.05) is 4.90 Å². The number of anilines is 3. The largest absolute Gasteiger partial charge is 0.294 e. The van der Waals surface area contributed by atoms with E-state index in [9.17, 15) is 4.39 Å². The van der Waals surface area contributed by atoms with Crippen LogP contribution >= 0.6 is 0 Å². The zero-order valence-electron chi connectivity index (χ0n) is 18.3. The number of halogens is 1. The van der Waals surface area contributed by atoms with Crippen molar-refractivity contribution in [3.63, 3.8) is 0 Å². The molecule has 6 rings (SSSR count). The Labute approximate surface area is 196 Å². The Morgan fingerprint density at radius 1 is 0.559 bits per heavy atom. The number of pyridine rings is 2. The molecule has 2 heterocycles. The van der Waals surface area contributed by atoms with Crippen molar-refractivity contribution >= 4 is 38.7 Å². The van der Waals surface area contributed by atoms with Gasteiger partial charge in [-0.25, -0.2) is 9.37 Å². The molecule has 0 aliphatic carbocycles. The maximum absolute atomic E-state index is 13.8. The molecule has 0 N–H and O–H groups in total. The molecule has 0 aliphatic heterocycles. The maximum Gasteiger partial charge on any atom is 0.141 e. The smallest absolute Gasteiger partial charge is 0.141 e. The van der Waals surface area contributed by atoms with Crippen molar-refractivity contribution in [2.45, 2.75) is 0 Å². The molecular weight excluding hydrogens is 421 g/mol. The quantitative estimate of drug-likeness (QED) is 0.259. The highest BCUT2D eigenvalue weighted by molar-refractivity contribution is 6.21. The Morgan fingerprint density at radius 3 is 1.76 bits per heavy atom.